The fourth-order valence-electron chi connectivity index (χ4n) is 4.17. The van der Waals surface area contributed by atoms with Crippen molar-refractivity contribution in [2.24, 2.45) is 5.92 Å². The number of aromatic nitrogens is 1. The molecule has 1 unspecified atom stereocenters. The fraction of sp³-hybridized carbons (Fsp3) is 0.409. The van der Waals surface area contributed by atoms with E-state index >= 15 is 0 Å². The topological polar surface area (TPSA) is 37.4 Å². The molecule has 3 heterocycles. The minimum absolute atomic E-state index is 0.111. The predicted molar refractivity (Wildman–Crippen MR) is 112 cm³/mol. The van der Waals surface area contributed by atoms with Gasteiger partial charge in [-0.1, -0.05) is 23.5 Å². The molecule has 146 valence electrons. The number of fused-ring (bicyclic) bond motifs is 2. The van der Waals surface area contributed by atoms with Gasteiger partial charge in [0.25, 0.3) is 0 Å². The van der Waals surface area contributed by atoms with Crippen molar-refractivity contribution < 1.29 is 9.13 Å². The highest BCUT2D eigenvalue weighted by molar-refractivity contribution is 7.22. The summed E-state index contributed by atoms with van der Waals surface area (Å²) in [4.78, 5) is 7.21. The van der Waals surface area contributed by atoms with Crippen molar-refractivity contribution in [2.75, 3.05) is 31.1 Å². The second-order valence-electron chi connectivity index (χ2n) is 7.75. The standard InChI is InChI=1S/C22H24FN3OS/c23-17-5-6-20-16(11-17)12-18(27-20)14-24-13-15-7-9-26(10-8-15)22-25-19-3-1-2-4-21(19)28-22/h1-6,11,15,18,24H,7-10,12-14H2. The van der Waals surface area contributed by atoms with Gasteiger partial charge in [0.05, 0.1) is 10.2 Å². The van der Waals surface area contributed by atoms with Crippen molar-refractivity contribution in [3.63, 3.8) is 0 Å². The van der Waals surface area contributed by atoms with Crippen molar-refractivity contribution in [2.45, 2.75) is 25.4 Å². The van der Waals surface area contributed by atoms with E-state index in [1.165, 1.54) is 23.6 Å². The van der Waals surface area contributed by atoms with E-state index in [4.69, 9.17) is 9.72 Å². The number of ether oxygens (including phenoxy) is 1. The summed E-state index contributed by atoms with van der Waals surface area (Å²) in [5.41, 5.74) is 2.08. The number of benzene rings is 2. The first kappa shape index (κ1) is 17.9. The molecule has 28 heavy (non-hydrogen) atoms. The molecule has 1 atom stereocenters. The van der Waals surface area contributed by atoms with E-state index in [1.54, 1.807) is 23.5 Å². The third-order valence-electron chi connectivity index (χ3n) is 5.74. The molecule has 4 nitrogen and oxygen atoms in total. The van der Waals surface area contributed by atoms with Gasteiger partial charge in [0.2, 0.25) is 0 Å². The van der Waals surface area contributed by atoms with Crippen LogP contribution in [0.25, 0.3) is 10.2 Å². The minimum atomic E-state index is -0.184. The van der Waals surface area contributed by atoms with Crippen LogP contribution in [0, 0.1) is 11.7 Å². The van der Waals surface area contributed by atoms with E-state index in [-0.39, 0.29) is 11.9 Å². The Hall–Kier alpha value is -2.18. The highest BCUT2D eigenvalue weighted by Crippen LogP contribution is 2.31. The van der Waals surface area contributed by atoms with E-state index < -0.39 is 0 Å². The van der Waals surface area contributed by atoms with E-state index in [9.17, 15) is 4.39 Å². The molecular weight excluding hydrogens is 373 g/mol. The summed E-state index contributed by atoms with van der Waals surface area (Å²) in [6.07, 6.45) is 3.26. The molecule has 1 N–H and O–H groups in total. The van der Waals surface area contributed by atoms with Gasteiger partial charge in [-0.2, -0.15) is 0 Å². The van der Waals surface area contributed by atoms with Gasteiger partial charge in [0, 0.05) is 31.6 Å². The first-order chi connectivity index (χ1) is 13.7. The van der Waals surface area contributed by atoms with Gasteiger partial charge in [0.15, 0.2) is 5.13 Å². The Morgan fingerprint density at radius 1 is 1.14 bits per heavy atom. The van der Waals surface area contributed by atoms with Crippen molar-refractivity contribution in [3.8, 4) is 5.75 Å². The van der Waals surface area contributed by atoms with Crippen LogP contribution >= 0.6 is 11.3 Å². The van der Waals surface area contributed by atoms with Gasteiger partial charge in [-0.3, -0.25) is 0 Å². The molecule has 1 saturated heterocycles. The zero-order chi connectivity index (χ0) is 18.9. The number of para-hydroxylation sites is 1. The third kappa shape index (κ3) is 3.71. The highest BCUT2D eigenvalue weighted by Gasteiger charge is 2.25. The Morgan fingerprint density at radius 2 is 2.00 bits per heavy atom. The molecule has 2 aliphatic rings. The van der Waals surface area contributed by atoms with Crippen LogP contribution < -0.4 is 15.0 Å². The van der Waals surface area contributed by atoms with Gasteiger partial charge in [-0.05, 0) is 55.6 Å². The maximum Gasteiger partial charge on any atom is 0.186 e. The summed E-state index contributed by atoms with van der Waals surface area (Å²) in [6.45, 7) is 3.96. The molecule has 0 aliphatic carbocycles. The third-order valence-corrected chi connectivity index (χ3v) is 6.83. The maximum absolute atomic E-state index is 13.3. The number of anilines is 1. The molecule has 0 amide bonds. The number of nitrogens with one attached hydrogen (secondary N) is 1. The van der Waals surface area contributed by atoms with Gasteiger partial charge in [-0.25, -0.2) is 9.37 Å². The number of piperidine rings is 1. The number of hydrogen-bond acceptors (Lipinski definition) is 5. The zero-order valence-electron chi connectivity index (χ0n) is 15.7. The average Bonchev–Trinajstić information content (AvgIpc) is 3.31. The quantitative estimate of drug-likeness (QED) is 0.699. The second-order valence-corrected chi connectivity index (χ2v) is 8.76. The second kappa shape index (κ2) is 7.68. The van der Waals surface area contributed by atoms with Crippen LogP contribution in [0.5, 0.6) is 5.75 Å². The Bertz CT molecular complexity index is 934. The van der Waals surface area contributed by atoms with Crippen molar-refractivity contribution in [1.29, 1.82) is 0 Å². The summed E-state index contributed by atoms with van der Waals surface area (Å²) >= 11 is 1.79. The molecule has 2 aliphatic heterocycles. The number of nitrogens with zero attached hydrogens (tertiary/aromatic N) is 2. The van der Waals surface area contributed by atoms with Crippen molar-refractivity contribution in [3.05, 3.63) is 53.8 Å². The molecule has 0 bridgehead atoms. The Morgan fingerprint density at radius 3 is 2.86 bits per heavy atom. The summed E-state index contributed by atoms with van der Waals surface area (Å²) in [6, 6.07) is 13.1. The van der Waals surface area contributed by atoms with E-state index in [0.29, 0.717) is 5.92 Å². The van der Waals surface area contributed by atoms with E-state index in [1.807, 2.05) is 6.07 Å². The van der Waals surface area contributed by atoms with Crippen LogP contribution in [0.2, 0.25) is 0 Å². The number of thiazole rings is 1. The normalized spacial score (nSPS) is 19.8. The molecule has 3 aromatic rings. The van der Waals surface area contributed by atoms with Crippen LogP contribution in [0.1, 0.15) is 18.4 Å². The molecule has 0 radical (unpaired) electrons. The first-order valence-corrected chi connectivity index (χ1v) is 10.8. The van der Waals surface area contributed by atoms with E-state index in [2.05, 4.69) is 28.4 Å². The van der Waals surface area contributed by atoms with Crippen LogP contribution in [-0.4, -0.2) is 37.3 Å². The molecule has 6 heteroatoms. The van der Waals surface area contributed by atoms with Crippen molar-refractivity contribution in [1.82, 2.24) is 10.3 Å². The van der Waals surface area contributed by atoms with Crippen LogP contribution in [0.4, 0.5) is 9.52 Å². The summed E-state index contributed by atoms with van der Waals surface area (Å²) in [5.74, 6) is 1.33. The first-order valence-electron chi connectivity index (χ1n) is 10.0. The number of hydrogen-bond donors (Lipinski definition) is 1. The van der Waals surface area contributed by atoms with E-state index in [0.717, 1.165) is 54.6 Å². The van der Waals surface area contributed by atoms with Gasteiger partial charge < -0.3 is 15.0 Å². The largest absolute Gasteiger partial charge is 0.488 e. The predicted octanol–water partition coefficient (Wildman–Crippen LogP) is 4.25. The Balaban J connectivity index is 1.08. The average molecular weight is 398 g/mol. The number of rotatable bonds is 5. The fourth-order valence-corrected chi connectivity index (χ4v) is 5.19. The zero-order valence-corrected chi connectivity index (χ0v) is 16.6. The minimum Gasteiger partial charge on any atom is -0.488 e. The lowest BCUT2D eigenvalue weighted by atomic mass is 9.97. The van der Waals surface area contributed by atoms with Gasteiger partial charge in [-0.15, -0.1) is 0 Å². The van der Waals surface area contributed by atoms with Crippen LogP contribution in [0.3, 0.4) is 0 Å². The number of halogens is 1. The monoisotopic (exact) mass is 397 g/mol. The molecular formula is C22H24FN3OS. The molecule has 0 saturated carbocycles. The van der Waals surface area contributed by atoms with Gasteiger partial charge >= 0.3 is 0 Å². The summed E-state index contributed by atoms with van der Waals surface area (Å²) in [5, 5.41) is 4.72. The lowest BCUT2D eigenvalue weighted by Crippen LogP contribution is -2.39. The maximum atomic E-state index is 13.3. The summed E-state index contributed by atoms with van der Waals surface area (Å²) < 4.78 is 20.5. The van der Waals surface area contributed by atoms with Gasteiger partial charge in [0.1, 0.15) is 17.7 Å². The lowest BCUT2D eigenvalue weighted by Gasteiger charge is -2.32. The smallest absolute Gasteiger partial charge is 0.186 e. The molecule has 5 rings (SSSR count). The van der Waals surface area contributed by atoms with Crippen molar-refractivity contribution >= 4 is 26.7 Å². The highest BCUT2D eigenvalue weighted by atomic mass is 32.1. The molecule has 2 aromatic carbocycles. The Kier molecular flexibility index (Phi) is 4.91. The molecule has 1 fully saturated rings. The Labute approximate surface area is 168 Å². The summed E-state index contributed by atoms with van der Waals surface area (Å²) in [7, 11) is 0. The van der Waals surface area contributed by atoms with Crippen LogP contribution in [-0.2, 0) is 6.42 Å². The molecule has 0 spiro atoms. The SMILES string of the molecule is Fc1ccc2c(c1)CC(CNCC1CCN(c3nc4ccccc4s3)CC1)O2. The van der Waals surface area contributed by atoms with Crippen LogP contribution in [0.15, 0.2) is 42.5 Å². The lowest BCUT2D eigenvalue weighted by molar-refractivity contribution is 0.222. The molecule has 1 aromatic heterocycles.